The van der Waals surface area contributed by atoms with Crippen molar-refractivity contribution in [3.63, 3.8) is 0 Å². The lowest BCUT2D eigenvalue weighted by Gasteiger charge is -2.22. The van der Waals surface area contributed by atoms with Crippen molar-refractivity contribution in [3.8, 4) is 0 Å². The maximum atomic E-state index is 6.07. The van der Waals surface area contributed by atoms with Gasteiger partial charge in [-0.15, -0.1) is 0 Å². The zero-order valence-electron chi connectivity index (χ0n) is 9.56. The van der Waals surface area contributed by atoms with E-state index < -0.39 is 0 Å². The molecular formula is C11H13ClN4O. The maximum absolute atomic E-state index is 6.07. The van der Waals surface area contributed by atoms with Crippen LogP contribution in [-0.4, -0.2) is 26.4 Å². The Balaban J connectivity index is 2.10. The van der Waals surface area contributed by atoms with Gasteiger partial charge in [0.05, 0.1) is 11.6 Å². The monoisotopic (exact) mass is 252 g/mol. The Morgan fingerprint density at radius 3 is 3.06 bits per heavy atom. The first-order chi connectivity index (χ1) is 8.25. The Hall–Kier alpha value is -1.20. The SMILES string of the molecule is Cc1nc(Cl)c2cnn(C3CCCCO3)c2n1. The predicted octanol–water partition coefficient (Wildman–Crippen LogP) is 2.49. The third-order valence-corrected chi connectivity index (χ3v) is 3.24. The van der Waals surface area contributed by atoms with Crippen molar-refractivity contribution in [2.24, 2.45) is 0 Å². The Morgan fingerprint density at radius 2 is 2.29 bits per heavy atom. The molecule has 1 unspecified atom stereocenters. The molecule has 0 aromatic carbocycles. The summed E-state index contributed by atoms with van der Waals surface area (Å²) in [5.41, 5.74) is 0.759. The quantitative estimate of drug-likeness (QED) is 0.732. The van der Waals surface area contributed by atoms with Crippen molar-refractivity contribution in [2.75, 3.05) is 6.61 Å². The third-order valence-electron chi connectivity index (χ3n) is 2.95. The van der Waals surface area contributed by atoms with Crippen molar-refractivity contribution >= 4 is 22.6 Å². The Kier molecular flexibility index (Phi) is 2.72. The van der Waals surface area contributed by atoms with Crippen molar-refractivity contribution in [3.05, 3.63) is 17.2 Å². The van der Waals surface area contributed by atoms with Crippen LogP contribution in [0.1, 0.15) is 31.3 Å². The van der Waals surface area contributed by atoms with E-state index in [0.717, 1.165) is 36.9 Å². The van der Waals surface area contributed by atoms with E-state index in [1.165, 1.54) is 0 Å². The van der Waals surface area contributed by atoms with E-state index in [1.807, 2.05) is 11.6 Å². The molecule has 1 fully saturated rings. The van der Waals surface area contributed by atoms with Crippen molar-refractivity contribution in [1.82, 2.24) is 19.7 Å². The van der Waals surface area contributed by atoms with Gasteiger partial charge in [0.25, 0.3) is 0 Å². The van der Waals surface area contributed by atoms with Crippen LogP contribution in [0.2, 0.25) is 5.15 Å². The zero-order valence-corrected chi connectivity index (χ0v) is 10.3. The lowest BCUT2D eigenvalue weighted by molar-refractivity contribution is -0.0370. The lowest BCUT2D eigenvalue weighted by Crippen LogP contribution is -2.19. The summed E-state index contributed by atoms with van der Waals surface area (Å²) in [5, 5.41) is 5.56. The summed E-state index contributed by atoms with van der Waals surface area (Å²) in [7, 11) is 0. The van der Waals surface area contributed by atoms with Gasteiger partial charge in [-0.2, -0.15) is 5.10 Å². The fraction of sp³-hybridized carbons (Fsp3) is 0.545. The van der Waals surface area contributed by atoms with Crippen molar-refractivity contribution in [1.29, 1.82) is 0 Å². The molecule has 6 heteroatoms. The number of hydrogen-bond donors (Lipinski definition) is 0. The molecule has 2 aromatic rings. The minimum atomic E-state index is -0.0217. The van der Waals surface area contributed by atoms with Crippen molar-refractivity contribution in [2.45, 2.75) is 32.4 Å². The van der Waals surface area contributed by atoms with Gasteiger partial charge in [0.2, 0.25) is 0 Å². The molecule has 0 spiro atoms. The summed E-state index contributed by atoms with van der Waals surface area (Å²) < 4.78 is 7.52. The highest BCUT2D eigenvalue weighted by atomic mass is 35.5. The number of hydrogen-bond acceptors (Lipinski definition) is 4. The molecule has 2 aromatic heterocycles. The summed E-state index contributed by atoms with van der Waals surface area (Å²) in [6.45, 7) is 2.61. The fourth-order valence-corrected chi connectivity index (χ4v) is 2.38. The van der Waals surface area contributed by atoms with Crippen LogP contribution in [-0.2, 0) is 4.74 Å². The maximum Gasteiger partial charge on any atom is 0.165 e. The topological polar surface area (TPSA) is 52.8 Å². The smallest absolute Gasteiger partial charge is 0.165 e. The van der Waals surface area contributed by atoms with Crippen LogP contribution >= 0.6 is 11.6 Å². The number of aromatic nitrogens is 4. The van der Waals surface area contributed by atoms with Crippen LogP contribution in [0.4, 0.5) is 0 Å². The molecule has 1 aliphatic rings. The second kappa shape index (κ2) is 4.23. The number of ether oxygens (including phenoxy) is 1. The molecule has 1 aliphatic heterocycles. The van der Waals surface area contributed by atoms with Crippen LogP contribution in [0.3, 0.4) is 0 Å². The Labute approximate surface area is 104 Å². The largest absolute Gasteiger partial charge is 0.356 e. The predicted molar refractivity (Wildman–Crippen MR) is 63.9 cm³/mol. The Bertz CT molecular complexity index is 548. The van der Waals surface area contributed by atoms with E-state index in [9.17, 15) is 0 Å². The van der Waals surface area contributed by atoms with Gasteiger partial charge in [-0.25, -0.2) is 14.6 Å². The molecule has 0 bridgehead atoms. The number of fused-ring (bicyclic) bond motifs is 1. The first-order valence-electron chi connectivity index (χ1n) is 5.74. The standard InChI is InChI=1S/C11H13ClN4O/c1-7-14-10(12)8-6-13-16(11(8)15-7)9-4-2-3-5-17-9/h6,9H,2-5H2,1H3. The average molecular weight is 253 g/mol. The van der Waals surface area contributed by atoms with Crippen LogP contribution in [0, 0.1) is 6.92 Å². The minimum Gasteiger partial charge on any atom is -0.356 e. The average Bonchev–Trinajstić information content (AvgIpc) is 2.74. The highest BCUT2D eigenvalue weighted by molar-refractivity contribution is 6.33. The highest BCUT2D eigenvalue weighted by Crippen LogP contribution is 2.27. The van der Waals surface area contributed by atoms with Gasteiger partial charge in [0, 0.05) is 6.61 Å². The summed E-state index contributed by atoms with van der Waals surface area (Å²) in [6.07, 6.45) is 4.92. The summed E-state index contributed by atoms with van der Waals surface area (Å²) in [4.78, 5) is 8.52. The first kappa shape index (κ1) is 10.9. The lowest BCUT2D eigenvalue weighted by atomic mass is 10.2. The molecule has 17 heavy (non-hydrogen) atoms. The minimum absolute atomic E-state index is 0.0217. The molecular weight excluding hydrogens is 240 g/mol. The molecule has 0 amide bonds. The molecule has 0 N–H and O–H groups in total. The molecule has 3 rings (SSSR count). The third kappa shape index (κ3) is 1.89. The van der Waals surface area contributed by atoms with Crippen LogP contribution in [0.25, 0.3) is 11.0 Å². The second-order valence-electron chi connectivity index (χ2n) is 4.21. The van der Waals surface area contributed by atoms with Gasteiger partial charge in [-0.1, -0.05) is 11.6 Å². The molecule has 1 atom stereocenters. The number of nitrogens with zero attached hydrogens (tertiary/aromatic N) is 4. The van der Waals surface area contributed by atoms with Gasteiger partial charge in [0.15, 0.2) is 11.9 Å². The van der Waals surface area contributed by atoms with Crippen LogP contribution in [0.15, 0.2) is 6.20 Å². The van der Waals surface area contributed by atoms with E-state index in [-0.39, 0.29) is 6.23 Å². The van der Waals surface area contributed by atoms with Gasteiger partial charge >= 0.3 is 0 Å². The summed E-state index contributed by atoms with van der Waals surface area (Å²) in [5.74, 6) is 0.653. The van der Waals surface area contributed by atoms with Gasteiger partial charge < -0.3 is 4.74 Å². The molecule has 90 valence electrons. The van der Waals surface area contributed by atoms with E-state index >= 15 is 0 Å². The number of aryl methyl sites for hydroxylation is 1. The molecule has 3 heterocycles. The van der Waals surface area contributed by atoms with Crippen molar-refractivity contribution < 1.29 is 4.74 Å². The number of rotatable bonds is 1. The van der Waals surface area contributed by atoms with E-state index in [0.29, 0.717) is 11.0 Å². The first-order valence-corrected chi connectivity index (χ1v) is 6.12. The Morgan fingerprint density at radius 1 is 1.41 bits per heavy atom. The van der Waals surface area contributed by atoms with Crippen LogP contribution in [0.5, 0.6) is 0 Å². The molecule has 0 radical (unpaired) electrons. The zero-order chi connectivity index (χ0) is 11.8. The van der Waals surface area contributed by atoms with Gasteiger partial charge in [-0.05, 0) is 26.2 Å². The van der Waals surface area contributed by atoms with E-state index in [1.54, 1.807) is 6.20 Å². The highest BCUT2D eigenvalue weighted by Gasteiger charge is 2.20. The number of halogens is 1. The molecule has 5 nitrogen and oxygen atoms in total. The van der Waals surface area contributed by atoms with E-state index in [4.69, 9.17) is 16.3 Å². The summed E-state index contributed by atoms with van der Waals surface area (Å²) in [6, 6.07) is 0. The summed E-state index contributed by atoms with van der Waals surface area (Å²) >= 11 is 6.07. The van der Waals surface area contributed by atoms with Crippen LogP contribution < -0.4 is 0 Å². The molecule has 0 aliphatic carbocycles. The van der Waals surface area contributed by atoms with Gasteiger partial charge in [-0.3, -0.25) is 0 Å². The fourth-order valence-electron chi connectivity index (χ4n) is 2.12. The van der Waals surface area contributed by atoms with E-state index in [2.05, 4.69) is 15.1 Å². The normalized spacial score (nSPS) is 20.9. The molecule has 0 saturated carbocycles. The molecule has 1 saturated heterocycles. The second-order valence-corrected chi connectivity index (χ2v) is 4.57. The van der Waals surface area contributed by atoms with Gasteiger partial charge in [0.1, 0.15) is 11.0 Å².